The van der Waals surface area contributed by atoms with E-state index < -0.39 is 10.0 Å². The van der Waals surface area contributed by atoms with Crippen molar-refractivity contribution in [3.8, 4) is 0 Å². The van der Waals surface area contributed by atoms with Crippen LogP contribution < -0.4 is 16.2 Å². The highest BCUT2D eigenvalue weighted by Crippen LogP contribution is 2.21. The summed E-state index contributed by atoms with van der Waals surface area (Å²) in [5.41, 5.74) is 7.69. The van der Waals surface area contributed by atoms with Gasteiger partial charge in [-0.05, 0) is 36.2 Å². The molecule has 0 saturated carbocycles. The average Bonchev–Trinajstić information content (AvgIpc) is 2.38. The lowest BCUT2D eigenvalue weighted by Crippen LogP contribution is -2.14. The van der Waals surface area contributed by atoms with Crippen LogP contribution in [-0.2, 0) is 16.4 Å². The van der Waals surface area contributed by atoms with Crippen LogP contribution in [0.1, 0.15) is 5.56 Å². The normalized spacial score (nSPS) is 11.2. The lowest BCUT2D eigenvalue weighted by Gasteiger charge is -2.09. The maximum atomic E-state index is 11.2. The maximum Gasteiger partial charge on any atom is 0.240 e. The molecule has 7 heteroatoms. The van der Waals surface area contributed by atoms with E-state index in [9.17, 15) is 8.42 Å². The lowest BCUT2D eigenvalue weighted by molar-refractivity contribution is 0.598. The molecule has 0 spiro atoms. The number of benzene rings is 1. The van der Waals surface area contributed by atoms with Crippen LogP contribution in [0.2, 0.25) is 0 Å². The Morgan fingerprint density at radius 2 is 2.05 bits per heavy atom. The van der Waals surface area contributed by atoms with E-state index in [-0.39, 0.29) is 10.6 Å². The SMILES string of the molecule is Nc1cc(NCCc2cccnc2)ccc1S(N)(=O)=O. The summed E-state index contributed by atoms with van der Waals surface area (Å²) >= 11 is 0. The van der Waals surface area contributed by atoms with E-state index in [1.165, 1.54) is 6.07 Å². The van der Waals surface area contributed by atoms with Crippen molar-refractivity contribution >= 4 is 21.4 Å². The number of sulfonamides is 1. The van der Waals surface area contributed by atoms with E-state index in [2.05, 4.69) is 10.3 Å². The Bertz CT molecular complexity index is 687. The highest BCUT2D eigenvalue weighted by molar-refractivity contribution is 7.89. The van der Waals surface area contributed by atoms with Crippen LogP contribution in [0.25, 0.3) is 0 Å². The first-order chi connectivity index (χ1) is 9.47. The van der Waals surface area contributed by atoms with E-state index in [0.717, 1.165) is 17.7 Å². The zero-order valence-electron chi connectivity index (χ0n) is 10.8. The minimum atomic E-state index is -3.77. The van der Waals surface area contributed by atoms with Crippen LogP contribution in [0.3, 0.4) is 0 Å². The molecule has 0 amide bonds. The number of rotatable bonds is 5. The number of nitrogens with two attached hydrogens (primary N) is 2. The van der Waals surface area contributed by atoms with Gasteiger partial charge in [-0.25, -0.2) is 13.6 Å². The number of nitrogens with zero attached hydrogens (tertiary/aromatic N) is 1. The quantitative estimate of drug-likeness (QED) is 0.711. The summed E-state index contributed by atoms with van der Waals surface area (Å²) in [4.78, 5) is 3.97. The summed E-state index contributed by atoms with van der Waals surface area (Å²) in [5.74, 6) is 0. The van der Waals surface area contributed by atoms with Crippen molar-refractivity contribution in [2.75, 3.05) is 17.6 Å². The fourth-order valence-corrected chi connectivity index (χ4v) is 2.46. The molecule has 0 saturated heterocycles. The average molecular weight is 292 g/mol. The van der Waals surface area contributed by atoms with Crippen molar-refractivity contribution in [3.05, 3.63) is 48.3 Å². The van der Waals surface area contributed by atoms with Gasteiger partial charge in [-0.1, -0.05) is 6.07 Å². The van der Waals surface area contributed by atoms with Gasteiger partial charge in [-0.2, -0.15) is 0 Å². The van der Waals surface area contributed by atoms with Gasteiger partial charge in [0, 0.05) is 24.6 Å². The third kappa shape index (κ3) is 3.69. The molecule has 2 rings (SSSR count). The molecular formula is C13H16N4O2S. The van der Waals surface area contributed by atoms with Crippen molar-refractivity contribution in [1.29, 1.82) is 0 Å². The Kier molecular flexibility index (Phi) is 4.21. The van der Waals surface area contributed by atoms with Crippen molar-refractivity contribution in [3.63, 3.8) is 0 Å². The molecule has 0 aliphatic rings. The molecule has 0 aliphatic carbocycles. The molecule has 106 valence electrons. The second kappa shape index (κ2) is 5.89. The van der Waals surface area contributed by atoms with Gasteiger partial charge in [-0.3, -0.25) is 4.98 Å². The molecule has 1 aromatic heterocycles. The third-order valence-electron chi connectivity index (χ3n) is 2.78. The van der Waals surface area contributed by atoms with E-state index in [4.69, 9.17) is 10.9 Å². The molecule has 1 aromatic carbocycles. The van der Waals surface area contributed by atoms with Gasteiger partial charge in [0.15, 0.2) is 0 Å². The molecule has 1 heterocycles. The molecule has 0 radical (unpaired) electrons. The highest BCUT2D eigenvalue weighted by Gasteiger charge is 2.11. The summed E-state index contributed by atoms with van der Waals surface area (Å²) in [6.45, 7) is 0.694. The number of hydrogen-bond donors (Lipinski definition) is 3. The Hall–Kier alpha value is -2.12. The minimum absolute atomic E-state index is 0.0599. The van der Waals surface area contributed by atoms with Crippen molar-refractivity contribution in [2.24, 2.45) is 5.14 Å². The third-order valence-corrected chi connectivity index (χ3v) is 3.77. The molecule has 5 N–H and O–H groups in total. The van der Waals surface area contributed by atoms with Crippen molar-refractivity contribution in [2.45, 2.75) is 11.3 Å². The van der Waals surface area contributed by atoms with Gasteiger partial charge in [0.05, 0.1) is 5.69 Å². The highest BCUT2D eigenvalue weighted by atomic mass is 32.2. The van der Waals surface area contributed by atoms with E-state index in [1.54, 1.807) is 24.5 Å². The summed E-state index contributed by atoms with van der Waals surface area (Å²) in [6, 6.07) is 8.47. The Morgan fingerprint density at radius 1 is 1.25 bits per heavy atom. The summed E-state index contributed by atoms with van der Waals surface area (Å²) in [5, 5.41) is 8.22. The molecule has 0 aliphatic heterocycles. The summed E-state index contributed by atoms with van der Waals surface area (Å²) in [7, 11) is -3.77. The van der Waals surface area contributed by atoms with Gasteiger partial charge < -0.3 is 11.1 Å². The van der Waals surface area contributed by atoms with Crippen molar-refractivity contribution in [1.82, 2.24) is 4.98 Å². The molecule has 6 nitrogen and oxygen atoms in total. The predicted octanol–water partition coefficient (Wildman–Crippen LogP) is 0.966. The molecule has 0 atom stereocenters. The number of primary sulfonamides is 1. The molecule has 0 fully saturated rings. The zero-order valence-corrected chi connectivity index (χ0v) is 11.6. The van der Waals surface area contributed by atoms with Crippen LogP contribution >= 0.6 is 0 Å². The van der Waals surface area contributed by atoms with Gasteiger partial charge in [0.25, 0.3) is 0 Å². The number of hydrogen-bond acceptors (Lipinski definition) is 5. The van der Waals surface area contributed by atoms with Crippen molar-refractivity contribution < 1.29 is 8.42 Å². The van der Waals surface area contributed by atoms with Crippen LogP contribution in [-0.4, -0.2) is 19.9 Å². The number of nitrogen functional groups attached to an aromatic ring is 1. The van der Waals surface area contributed by atoms with E-state index >= 15 is 0 Å². The monoisotopic (exact) mass is 292 g/mol. The predicted molar refractivity (Wildman–Crippen MR) is 78.7 cm³/mol. The van der Waals surface area contributed by atoms with Gasteiger partial charge in [0.1, 0.15) is 4.90 Å². The Labute approximate surface area is 117 Å². The maximum absolute atomic E-state index is 11.2. The smallest absolute Gasteiger partial charge is 0.240 e. The number of anilines is 2. The fraction of sp³-hybridized carbons (Fsp3) is 0.154. The van der Waals surface area contributed by atoms with Gasteiger partial charge >= 0.3 is 0 Å². The first-order valence-electron chi connectivity index (χ1n) is 6.02. The molecule has 0 unspecified atom stereocenters. The van der Waals surface area contributed by atoms with E-state index in [0.29, 0.717) is 6.54 Å². The first kappa shape index (κ1) is 14.3. The van der Waals surface area contributed by atoms with Crippen LogP contribution in [0.5, 0.6) is 0 Å². The fourth-order valence-electron chi connectivity index (χ4n) is 1.81. The lowest BCUT2D eigenvalue weighted by atomic mass is 10.2. The zero-order chi connectivity index (χ0) is 14.6. The summed E-state index contributed by atoms with van der Waals surface area (Å²) in [6.07, 6.45) is 4.34. The van der Waals surface area contributed by atoms with Crippen LogP contribution in [0.4, 0.5) is 11.4 Å². The Balaban J connectivity index is 1.99. The Morgan fingerprint density at radius 3 is 2.65 bits per heavy atom. The topological polar surface area (TPSA) is 111 Å². The summed E-state index contributed by atoms with van der Waals surface area (Å²) < 4.78 is 22.5. The molecular weight excluding hydrogens is 276 g/mol. The number of nitrogens with one attached hydrogen (secondary N) is 1. The molecule has 0 bridgehead atoms. The van der Waals surface area contributed by atoms with Crippen LogP contribution in [0, 0.1) is 0 Å². The second-order valence-corrected chi connectivity index (χ2v) is 5.87. The second-order valence-electron chi connectivity index (χ2n) is 4.34. The molecule has 20 heavy (non-hydrogen) atoms. The standard InChI is InChI=1S/C13H16N4O2S/c14-12-8-11(3-4-13(12)20(15,18)19)17-7-5-10-2-1-6-16-9-10/h1-4,6,8-9,17H,5,7,14H2,(H2,15,18,19). The first-order valence-corrected chi connectivity index (χ1v) is 7.56. The largest absolute Gasteiger partial charge is 0.398 e. The van der Waals surface area contributed by atoms with E-state index in [1.807, 2.05) is 12.1 Å². The van der Waals surface area contributed by atoms with Gasteiger partial charge in [-0.15, -0.1) is 0 Å². The molecule has 2 aromatic rings. The van der Waals surface area contributed by atoms with Gasteiger partial charge in [0.2, 0.25) is 10.0 Å². The number of aromatic nitrogens is 1. The minimum Gasteiger partial charge on any atom is -0.398 e. The number of pyridine rings is 1. The van der Waals surface area contributed by atoms with Crippen LogP contribution in [0.15, 0.2) is 47.6 Å².